The molecule has 0 atom stereocenters. The van der Waals surface area contributed by atoms with Crippen molar-refractivity contribution in [1.29, 1.82) is 0 Å². The highest BCUT2D eigenvalue weighted by atomic mass is 19.2. The van der Waals surface area contributed by atoms with Crippen LogP contribution in [-0.2, 0) is 12.8 Å². The molecule has 0 nitrogen and oxygen atoms in total. The summed E-state index contributed by atoms with van der Waals surface area (Å²) in [6, 6.07) is 15.1. The van der Waals surface area contributed by atoms with Crippen LogP contribution in [0.15, 0.2) is 72.8 Å². The first-order valence-electron chi connectivity index (χ1n) is 9.86. The smallest absolute Gasteiger partial charge is 0.167 e. The summed E-state index contributed by atoms with van der Waals surface area (Å²) in [6.07, 6.45) is 11.9. The number of fused-ring (bicyclic) bond motifs is 1. The third-order valence-electron chi connectivity index (χ3n) is 5.02. The van der Waals surface area contributed by atoms with Crippen molar-refractivity contribution in [2.75, 3.05) is 0 Å². The second-order valence-corrected chi connectivity index (χ2v) is 7.02. The van der Waals surface area contributed by atoms with Crippen molar-refractivity contribution in [2.24, 2.45) is 0 Å². The Morgan fingerprint density at radius 1 is 0.714 bits per heavy atom. The van der Waals surface area contributed by atoms with Gasteiger partial charge in [0.2, 0.25) is 0 Å². The average molecular weight is 376 g/mol. The second kappa shape index (κ2) is 9.45. The maximum Gasteiger partial charge on any atom is 0.167 e. The molecule has 0 aliphatic carbocycles. The van der Waals surface area contributed by atoms with Crippen LogP contribution in [0.25, 0.3) is 21.9 Å². The molecular formula is C26H26F2. The van der Waals surface area contributed by atoms with E-state index >= 15 is 0 Å². The van der Waals surface area contributed by atoms with Crippen molar-refractivity contribution in [1.82, 2.24) is 0 Å². The van der Waals surface area contributed by atoms with Crippen LogP contribution in [0.2, 0.25) is 0 Å². The molecule has 0 heterocycles. The Morgan fingerprint density at radius 3 is 1.96 bits per heavy atom. The minimum Gasteiger partial charge on any atom is -0.203 e. The number of rotatable bonds is 7. The zero-order valence-electron chi connectivity index (χ0n) is 16.5. The van der Waals surface area contributed by atoms with Crippen molar-refractivity contribution in [2.45, 2.75) is 39.5 Å². The number of hydrogen-bond acceptors (Lipinski definition) is 0. The lowest BCUT2D eigenvalue weighted by Gasteiger charge is -2.10. The number of aryl methyl sites for hydroxylation is 2. The zero-order chi connectivity index (χ0) is 19.9. The molecule has 0 aliphatic rings. The monoisotopic (exact) mass is 376 g/mol. The highest BCUT2D eigenvalue weighted by molar-refractivity contribution is 5.89. The molecule has 0 fully saturated rings. The third-order valence-corrected chi connectivity index (χ3v) is 5.02. The van der Waals surface area contributed by atoms with E-state index in [0.717, 1.165) is 36.6 Å². The van der Waals surface area contributed by atoms with Crippen LogP contribution < -0.4 is 0 Å². The van der Waals surface area contributed by atoms with E-state index in [0.29, 0.717) is 16.5 Å². The fourth-order valence-corrected chi connectivity index (χ4v) is 3.42. The Hall–Kier alpha value is -2.74. The minimum absolute atomic E-state index is 0.312. The van der Waals surface area contributed by atoms with Gasteiger partial charge in [0, 0.05) is 10.9 Å². The standard InChI is InChI=1S/C26H26F2/c1-3-5-7-9-19-11-14-21(15-12-19)24-18-22-16-13-20(10-8-6-4-2)17-23(22)25(27)26(24)28/h3-6,11-18H,7-10H2,1-2H3/b5-3+,6-4+. The topological polar surface area (TPSA) is 0 Å². The summed E-state index contributed by atoms with van der Waals surface area (Å²) in [6.45, 7) is 3.98. The van der Waals surface area contributed by atoms with Gasteiger partial charge in [-0.15, -0.1) is 0 Å². The molecule has 3 aromatic carbocycles. The Bertz CT molecular complexity index is 995. The van der Waals surface area contributed by atoms with Crippen molar-refractivity contribution in [3.05, 3.63) is 95.6 Å². The summed E-state index contributed by atoms with van der Waals surface area (Å²) in [4.78, 5) is 0. The Kier molecular flexibility index (Phi) is 6.76. The highest BCUT2D eigenvalue weighted by Gasteiger charge is 2.15. The van der Waals surface area contributed by atoms with Crippen LogP contribution >= 0.6 is 0 Å². The van der Waals surface area contributed by atoms with Crippen LogP contribution in [0.5, 0.6) is 0 Å². The molecule has 0 saturated heterocycles. The molecule has 144 valence electrons. The van der Waals surface area contributed by atoms with Crippen molar-refractivity contribution < 1.29 is 8.78 Å². The maximum atomic E-state index is 14.8. The van der Waals surface area contributed by atoms with Gasteiger partial charge in [0.1, 0.15) is 0 Å². The molecule has 0 spiro atoms. The first kappa shape index (κ1) is 20.0. The summed E-state index contributed by atoms with van der Waals surface area (Å²) in [5.41, 5.74) is 3.22. The molecule has 3 rings (SSSR count). The fraction of sp³-hybridized carbons (Fsp3) is 0.231. The average Bonchev–Trinajstić information content (AvgIpc) is 2.72. The van der Waals surface area contributed by atoms with E-state index in [1.807, 2.05) is 62.4 Å². The number of halogens is 2. The summed E-state index contributed by atoms with van der Waals surface area (Å²) in [7, 11) is 0. The van der Waals surface area contributed by atoms with Crippen LogP contribution in [0.3, 0.4) is 0 Å². The maximum absolute atomic E-state index is 14.8. The van der Waals surface area contributed by atoms with Crippen LogP contribution in [0.1, 0.15) is 37.8 Å². The lowest BCUT2D eigenvalue weighted by atomic mass is 9.96. The van der Waals surface area contributed by atoms with Crippen molar-refractivity contribution >= 4 is 10.8 Å². The second-order valence-electron chi connectivity index (χ2n) is 7.02. The van der Waals surface area contributed by atoms with Crippen molar-refractivity contribution in [3.8, 4) is 11.1 Å². The molecule has 0 unspecified atom stereocenters. The summed E-state index contributed by atoms with van der Waals surface area (Å²) >= 11 is 0. The quantitative estimate of drug-likeness (QED) is 0.369. The van der Waals surface area contributed by atoms with Gasteiger partial charge in [-0.25, -0.2) is 8.78 Å². The molecule has 0 amide bonds. The van der Waals surface area contributed by atoms with Gasteiger partial charge in [0.25, 0.3) is 0 Å². The first-order valence-corrected chi connectivity index (χ1v) is 9.86. The molecule has 0 radical (unpaired) electrons. The summed E-state index contributed by atoms with van der Waals surface area (Å²) < 4.78 is 29.6. The van der Waals surface area contributed by atoms with Gasteiger partial charge in [0.15, 0.2) is 11.6 Å². The van der Waals surface area contributed by atoms with Gasteiger partial charge in [-0.1, -0.05) is 60.7 Å². The molecule has 0 bridgehead atoms. The number of hydrogen-bond donors (Lipinski definition) is 0. The molecule has 0 saturated carbocycles. The van der Waals surface area contributed by atoms with Crippen LogP contribution in [0.4, 0.5) is 8.78 Å². The molecule has 0 N–H and O–H groups in total. The molecule has 0 aliphatic heterocycles. The Labute approximate surface area is 166 Å². The predicted molar refractivity (Wildman–Crippen MR) is 116 cm³/mol. The van der Waals surface area contributed by atoms with E-state index in [1.165, 1.54) is 5.56 Å². The Morgan fingerprint density at radius 2 is 1.32 bits per heavy atom. The largest absolute Gasteiger partial charge is 0.203 e. The predicted octanol–water partition coefficient (Wildman–Crippen LogP) is 7.80. The number of allylic oxidation sites excluding steroid dienone is 4. The van der Waals surface area contributed by atoms with Gasteiger partial charge in [0.05, 0.1) is 0 Å². The van der Waals surface area contributed by atoms with E-state index in [9.17, 15) is 8.78 Å². The van der Waals surface area contributed by atoms with Crippen molar-refractivity contribution in [3.63, 3.8) is 0 Å². The van der Waals surface area contributed by atoms with Gasteiger partial charge in [-0.2, -0.15) is 0 Å². The van der Waals surface area contributed by atoms with Gasteiger partial charge >= 0.3 is 0 Å². The van der Waals surface area contributed by atoms with E-state index in [1.54, 1.807) is 12.1 Å². The molecular weight excluding hydrogens is 350 g/mol. The molecule has 28 heavy (non-hydrogen) atoms. The molecule has 2 heteroatoms. The summed E-state index contributed by atoms with van der Waals surface area (Å²) in [5.74, 6) is -1.54. The SMILES string of the molecule is C/C=C/CCc1ccc(-c2cc3ccc(CC/C=C/C)cc3c(F)c2F)cc1. The lowest BCUT2D eigenvalue weighted by Crippen LogP contribution is -1.94. The zero-order valence-corrected chi connectivity index (χ0v) is 16.5. The van der Waals surface area contributed by atoms with Gasteiger partial charge in [-0.05, 0) is 73.7 Å². The third kappa shape index (κ3) is 4.56. The van der Waals surface area contributed by atoms with E-state index in [-0.39, 0.29) is 0 Å². The van der Waals surface area contributed by atoms with E-state index < -0.39 is 11.6 Å². The Balaban J connectivity index is 1.91. The fourth-order valence-electron chi connectivity index (χ4n) is 3.42. The normalized spacial score (nSPS) is 11.9. The van der Waals surface area contributed by atoms with Gasteiger partial charge < -0.3 is 0 Å². The van der Waals surface area contributed by atoms with Crippen LogP contribution in [0, 0.1) is 11.6 Å². The molecule has 0 aromatic heterocycles. The summed E-state index contributed by atoms with van der Waals surface area (Å²) in [5, 5.41) is 1.07. The lowest BCUT2D eigenvalue weighted by molar-refractivity contribution is 0.519. The van der Waals surface area contributed by atoms with E-state index in [4.69, 9.17) is 0 Å². The molecule has 3 aromatic rings. The van der Waals surface area contributed by atoms with Crippen LogP contribution in [-0.4, -0.2) is 0 Å². The minimum atomic E-state index is -0.778. The number of benzene rings is 3. The first-order chi connectivity index (χ1) is 13.6. The highest BCUT2D eigenvalue weighted by Crippen LogP contribution is 2.31. The van der Waals surface area contributed by atoms with E-state index in [2.05, 4.69) is 12.2 Å². The van der Waals surface area contributed by atoms with Gasteiger partial charge in [-0.3, -0.25) is 0 Å².